The molecule has 0 aliphatic rings. The third kappa shape index (κ3) is 6.50. The molecule has 2 aromatic carbocycles. The van der Waals surface area contributed by atoms with E-state index in [1.54, 1.807) is 16.9 Å². The summed E-state index contributed by atoms with van der Waals surface area (Å²) in [5.74, 6) is 2.31. The van der Waals surface area contributed by atoms with Gasteiger partial charge >= 0.3 is 0 Å². The first-order valence-corrected chi connectivity index (χ1v) is 11.9. The first kappa shape index (κ1) is 25.0. The van der Waals surface area contributed by atoms with E-state index in [1.165, 1.54) is 0 Å². The quantitative estimate of drug-likeness (QED) is 0.347. The molecule has 0 aliphatic heterocycles. The number of anilines is 2. The molecule has 0 spiro atoms. The van der Waals surface area contributed by atoms with E-state index in [4.69, 9.17) is 19.4 Å². The van der Waals surface area contributed by atoms with E-state index in [0.717, 1.165) is 34.3 Å². The number of benzene rings is 2. The number of aromatic nitrogens is 4. The Balaban J connectivity index is 1.66. The van der Waals surface area contributed by atoms with Gasteiger partial charge in [0.25, 0.3) is 5.91 Å². The maximum atomic E-state index is 12.2. The Morgan fingerprint density at radius 1 is 1.06 bits per heavy atom. The third-order valence-electron chi connectivity index (χ3n) is 5.08. The minimum atomic E-state index is -0.319. The van der Waals surface area contributed by atoms with Crippen molar-refractivity contribution < 1.29 is 14.3 Å². The van der Waals surface area contributed by atoms with Crippen molar-refractivity contribution in [2.45, 2.75) is 39.7 Å². The zero-order valence-corrected chi connectivity index (χ0v) is 21.3. The van der Waals surface area contributed by atoms with Gasteiger partial charge in [0.1, 0.15) is 17.3 Å². The standard InChI is InChI=1S/C27H32N6O3/c1-6-12-35-21-10-11-23-22(14-21)26(29-19-15-28-33(5)16-19)31-25(30-23)18-8-7-9-20(13-18)36-17-24(34)32-27(2,3)4/h7-11,13-16H,6,12,17H2,1-5H3,(H,32,34)(H,29,30,31). The number of amides is 1. The molecule has 0 saturated carbocycles. The maximum Gasteiger partial charge on any atom is 0.258 e. The molecule has 0 fully saturated rings. The van der Waals surface area contributed by atoms with Crippen molar-refractivity contribution >= 4 is 28.3 Å². The molecule has 4 rings (SSSR count). The number of fused-ring (bicyclic) bond motifs is 1. The topological polar surface area (TPSA) is 103 Å². The van der Waals surface area contributed by atoms with Crippen molar-refractivity contribution in [3.8, 4) is 22.9 Å². The van der Waals surface area contributed by atoms with Crippen LogP contribution in [0.15, 0.2) is 54.9 Å². The van der Waals surface area contributed by atoms with E-state index >= 15 is 0 Å². The van der Waals surface area contributed by atoms with Crippen molar-refractivity contribution in [1.82, 2.24) is 25.1 Å². The van der Waals surface area contributed by atoms with Gasteiger partial charge in [0.2, 0.25) is 0 Å². The van der Waals surface area contributed by atoms with Crippen LogP contribution in [-0.4, -0.2) is 44.4 Å². The van der Waals surface area contributed by atoms with Crippen LogP contribution in [0.3, 0.4) is 0 Å². The zero-order valence-electron chi connectivity index (χ0n) is 21.3. The molecule has 0 bridgehead atoms. The number of rotatable bonds is 9. The average molecular weight is 489 g/mol. The van der Waals surface area contributed by atoms with E-state index in [2.05, 4.69) is 22.7 Å². The van der Waals surface area contributed by atoms with Crippen molar-refractivity contribution in [2.75, 3.05) is 18.5 Å². The molecule has 188 valence electrons. The molecule has 2 heterocycles. The van der Waals surface area contributed by atoms with Crippen LogP contribution in [0, 0.1) is 0 Å². The Bertz CT molecular complexity index is 1360. The minimum absolute atomic E-state index is 0.0757. The fraction of sp³-hybridized carbons (Fsp3) is 0.333. The van der Waals surface area contributed by atoms with Gasteiger partial charge in [-0.1, -0.05) is 19.1 Å². The van der Waals surface area contributed by atoms with Crippen LogP contribution in [0.25, 0.3) is 22.3 Å². The van der Waals surface area contributed by atoms with Crippen LogP contribution in [-0.2, 0) is 11.8 Å². The van der Waals surface area contributed by atoms with Crippen molar-refractivity contribution in [3.63, 3.8) is 0 Å². The molecule has 0 saturated heterocycles. The number of carbonyl (C=O) groups is 1. The summed E-state index contributed by atoms with van der Waals surface area (Å²) in [7, 11) is 1.86. The lowest BCUT2D eigenvalue weighted by atomic mass is 10.1. The summed E-state index contributed by atoms with van der Waals surface area (Å²) in [5, 5.41) is 11.3. The van der Waals surface area contributed by atoms with E-state index in [0.29, 0.717) is 24.0 Å². The number of ether oxygens (including phenoxy) is 2. The van der Waals surface area contributed by atoms with Gasteiger partial charge in [0.15, 0.2) is 12.4 Å². The van der Waals surface area contributed by atoms with Gasteiger partial charge in [-0.3, -0.25) is 9.48 Å². The first-order chi connectivity index (χ1) is 17.2. The van der Waals surface area contributed by atoms with Crippen LogP contribution >= 0.6 is 0 Å². The molecule has 36 heavy (non-hydrogen) atoms. The summed E-state index contributed by atoms with van der Waals surface area (Å²) < 4.78 is 13.3. The Kier molecular flexibility index (Phi) is 7.38. The summed E-state index contributed by atoms with van der Waals surface area (Å²) in [5.41, 5.74) is 2.03. The van der Waals surface area contributed by atoms with Gasteiger partial charge in [-0.05, 0) is 57.5 Å². The van der Waals surface area contributed by atoms with Crippen molar-refractivity contribution in [1.29, 1.82) is 0 Å². The normalized spacial score (nSPS) is 11.4. The zero-order chi connectivity index (χ0) is 25.7. The monoisotopic (exact) mass is 488 g/mol. The van der Waals surface area contributed by atoms with Crippen LogP contribution < -0.4 is 20.1 Å². The molecular formula is C27H32N6O3. The molecular weight excluding hydrogens is 456 g/mol. The van der Waals surface area contributed by atoms with Crippen LogP contribution in [0.2, 0.25) is 0 Å². The number of hydrogen-bond donors (Lipinski definition) is 2. The van der Waals surface area contributed by atoms with Gasteiger partial charge in [0, 0.05) is 29.7 Å². The second-order valence-corrected chi connectivity index (χ2v) is 9.57. The minimum Gasteiger partial charge on any atom is -0.494 e. The molecule has 0 aliphatic carbocycles. The third-order valence-corrected chi connectivity index (χ3v) is 5.08. The Morgan fingerprint density at radius 2 is 1.86 bits per heavy atom. The van der Waals surface area contributed by atoms with Gasteiger partial charge in [-0.15, -0.1) is 0 Å². The summed E-state index contributed by atoms with van der Waals surface area (Å²) in [6, 6.07) is 13.2. The highest BCUT2D eigenvalue weighted by atomic mass is 16.5. The molecule has 2 N–H and O–H groups in total. The Hall–Kier alpha value is -4.14. The molecule has 9 nitrogen and oxygen atoms in total. The summed E-state index contributed by atoms with van der Waals surface area (Å²) in [4.78, 5) is 21.8. The number of hydrogen-bond acceptors (Lipinski definition) is 7. The first-order valence-electron chi connectivity index (χ1n) is 11.9. The van der Waals surface area contributed by atoms with Crippen LogP contribution in [0.5, 0.6) is 11.5 Å². The van der Waals surface area contributed by atoms with E-state index in [1.807, 2.05) is 70.4 Å². The van der Waals surface area contributed by atoms with E-state index in [9.17, 15) is 4.79 Å². The highest BCUT2D eigenvalue weighted by Crippen LogP contribution is 2.31. The average Bonchev–Trinajstić information content (AvgIpc) is 3.25. The molecule has 1 amide bonds. The lowest BCUT2D eigenvalue weighted by molar-refractivity contribution is -0.124. The van der Waals surface area contributed by atoms with Gasteiger partial charge in [-0.2, -0.15) is 5.10 Å². The van der Waals surface area contributed by atoms with Crippen molar-refractivity contribution in [2.24, 2.45) is 7.05 Å². The SMILES string of the molecule is CCCOc1ccc2nc(-c3cccc(OCC(=O)NC(C)(C)C)c3)nc(Nc3cnn(C)c3)c2c1. The van der Waals surface area contributed by atoms with Crippen molar-refractivity contribution in [3.05, 3.63) is 54.9 Å². The van der Waals surface area contributed by atoms with Gasteiger partial charge < -0.3 is 20.1 Å². The molecule has 0 unspecified atom stereocenters. The molecule has 0 atom stereocenters. The summed E-state index contributed by atoms with van der Waals surface area (Å²) in [6.45, 7) is 8.42. The fourth-order valence-corrected chi connectivity index (χ4v) is 3.59. The van der Waals surface area contributed by atoms with Gasteiger partial charge in [-0.25, -0.2) is 9.97 Å². The summed E-state index contributed by atoms with van der Waals surface area (Å²) >= 11 is 0. The Morgan fingerprint density at radius 3 is 2.58 bits per heavy atom. The Labute approximate surface area is 210 Å². The predicted molar refractivity (Wildman–Crippen MR) is 141 cm³/mol. The van der Waals surface area contributed by atoms with Gasteiger partial charge in [0.05, 0.1) is 24.0 Å². The number of carbonyl (C=O) groups excluding carboxylic acids is 1. The maximum absolute atomic E-state index is 12.2. The van der Waals surface area contributed by atoms with Crippen LogP contribution in [0.1, 0.15) is 34.1 Å². The number of nitrogens with one attached hydrogen (secondary N) is 2. The smallest absolute Gasteiger partial charge is 0.258 e. The highest BCUT2D eigenvalue weighted by Gasteiger charge is 2.15. The second-order valence-electron chi connectivity index (χ2n) is 9.57. The van der Waals surface area contributed by atoms with E-state index < -0.39 is 0 Å². The lowest BCUT2D eigenvalue weighted by Gasteiger charge is -2.20. The van der Waals surface area contributed by atoms with Crippen LogP contribution in [0.4, 0.5) is 11.5 Å². The molecule has 9 heteroatoms. The molecule has 0 radical (unpaired) electrons. The predicted octanol–water partition coefficient (Wildman–Crippen LogP) is 4.86. The highest BCUT2D eigenvalue weighted by molar-refractivity contribution is 5.93. The number of aryl methyl sites for hydroxylation is 1. The number of nitrogens with zero attached hydrogens (tertiary/aromatic N) is 4. The molecule has 4 aromatic rings. The largest absolute Gasteiger partial charge is 0.494 e. The fourth-order valence-electron chi connectivity index (χ4n) is 3.59. The summed E-state index contributed by atoms with van der Waals surface area (Å²) in [6.07, 6.45) is 4.54. The molecule has 2 aromatic heterocycles. The lowest BCUT2D eigenvalue weighted by Crippen LogP contribution is -2.43. The second kappa shape index (κ2) is 10.6. The van der Waals surface area contributed by atoms with E-state index in [-0.39, 0.29) is 18.1 Å².